The number of hydrogen-bond donors (Lipinski definition) is 4. The Morgan fingerprint density at radius 2 is 2.00 bits per heavy atom. The van der Waals surface area contributed by atoms with E-state index in [1.807, 2.05) is 24.3 Å². The SMILES string of the molecule is CC(=N)N1C(=N)[C@H](CC(=O)NCCN)N=C(c2ccc(Cl)cc2)C2=C1SC(C)C2C. The number of benzene rings is 1. The lowest BCUT2D eigenvalue weighted by Gasteiger charge is -2.27. The normalized spacial score (nSPS) is 23.8. The number of carbonyl (C=O) groups excluding carboxylic acids is 1. The van der Waals surface area contributed by atoms with Crippen molar-refractivity contribution in [1.29, 1.82) is 10.8 Å². The van der Waals surface area contributed by atoms with Crippen LogP contribution in [-0.2, 0) is 4.79 Å². The van der Waals surface area contributed by atoms with Crippen molar-refractivity contribution in [3.63, 3.8) is 0 Å². The highest BCUT2D eigenvalue weighted by molar-refractivity contribution is 8.04. The van der Waals surface area contributed by atoms with Gasteiger partial charge in [0, 0.05) is 34.5 Å². The lowest BCUT2D eigenvalue weighted by molar-refractivity contribution is -0.121. The summed E-state index contributed by atoms with van der Waals surface area (Å²) in [6, 6.07) is 6.74. The third-order valence-corrected chi connectivity index (χ3v) is 6.94. The zero-order valence-corrected chi connectivity index (χ0v) is 18.9. The standard InChI is InChI=1S/C21H27ClN6OS/c1-11-12(2)30-21-18(11)19(14-4-6-15(22)7-5-14)27-16(10-17(29)26-9-8-23)20(25)28(21)13(3)24/h4-7,11-12,16,24-25H,8-10,23H2,1-3H3,(H,26,29)/t11?,12?,16-/m0/s1. The van der Waals surface area contributed by atoms with Gasteiger partial charge in [0.25, 0.3) is 0 Å². The van der Waals surface area contributed by atoms with Crippen LogP contribution in [0.3, 0.4) is 0 Å². The van der Waals surface area contributed by atoms with E-state index in [1.54, 1.807) is 23.6 Å². The van der Waals surface area contributed by atoms with Crippen LogP contribution >= 0.6 is 23.4 Å². The number of nitrogens with zero attached hydrogens (tertiary/aromatic N) is 2. The van der Waals surface area contributed by atoms with E-state index in [4.69, 9.17) is 33.1 Å². The summed E-state index contributed by atoms with van der Waals surface area (Å²) in [5, 5.41) is 21.7. The predicted octanol–water partition coefficient (Wildman–Crippen LogP) is 3.24. The first-order chi connectivity index (χ1) is 14.2. The minimum absolute atomic E-state index is 0.0227. The molecule has 3 rings (SSSR count). The molecule has 2 heterocycles. The van der Waals surface area contributed by atoms with E-state index < -0.39 is 6.04 Å². The number of thioether (sulfide) groups is 1. The van der Waals surface area contributed by atoms with Gasteiger partial charge in [0.05, 0.1) is 17.2 Å². The number of hydrogen-bond acceptors (Lipinski definition) is 6. The molecule has 9 heteroatoms. The topological polar surface area (TPSA) is 118 Å². The molecule has 2 unspecified atom stereocenters. The highest BCUT2D eigenvalue weighted by Gasteiger charge is 2.41. The van der Waals surface area contributed by atoms with Gasteiger partial charge in [-0.05, 0) is 25.0 Å². The molecule has 0 radical (unpaired) electrons. The Morgan fingerprint density at radius 1 is 1.33 bits per heavy atom. The van der Waals surface area contributed by atoms with Crippen molar-refractivity contribution in [1.82, 2.24) is 10.2 Å². The summed E-state index contributed by atoms with van der Waals surface area (Å²) in [6.45, 7) is 6.66. The van der Waals surface area contributed by atoms with Gasteiger partial charge in [0.2, 0.25) is 5.91 Å². The lowest BCUT2D eigenvalue weighted by Crippen LogP contribution is -2.41. The largest absolute Gasteiger partial charge is 0.355 e. The van der Waals surface area contributed by atoms with Crippen LogP contribution in [0.15, 0.2) is 39.9 Å². The Morgan fingerprint density at radius 3 is 2.60 bits per heavy atom. The number of amidine groups is 2. The van der Waals surface area contributed by atoms with Crippen molar-refractivity contribution in [3.8, 4) is 0 Å². The summed E-state index contributed by atoms with van der Waals surface area (Å²) in [6.07, 6.45) is 0.0227. The van der Waals surface area contributed by atoms with E-state index in [0.717, 1.165) is 21.9 Å². The molecule has 3 atom stereocenters. The Kier molecular flexibility index (Phi) is 7.00. The third kappa shape index (κ3) is 4.45. The van der Waals surface area contributed by atoms with Crippen LogP contribution in [-0.4, -0.2) is 52.6 Å². The maximum absolute atomic E-state index is 12.4. The van der Waals surface area contributed by atoms with E-state index in [0.29, 0.717) is 18.1 Å². The average Bonchev–Trinajstić information content (AvgIpc) is 2.91. The van der Waals surface area contributed by atoms with Crippen LogP contribution < -0.4 is 11.1 Å². The lowest BCUT2D eigenvalue weighted by atomic mass is 9.91. The smallest absolute Gasteiger partial charge is 0.222 e. The zero-order chi connectivity index (χ0) is 22.0. The van der Waals surface area contributed by atoms with E-state index in [9.17, 15) is 4.79 Å². The second-order valence-electron chi connectivity index (χ2n) is 7.48. The van der Waals surface area contributed by atoms with Gasteiger partial charge in [0.1, 0.15) is 17.7 Å². The van der Waals surface area contributed by atoms with Crippen molar-refractivity contribution in [3.05, 3.63) is 45.5 Å². The maximum Gasteiger partial charge on any atom is 0.222 e. The molecule has 30 heavy (non-hydrogen) atoms. The van der Waals surface area contributed by atoms with Crippen molar-refractivity contribution < 1.29 is 4.79 Å². The van der Waals surface area contributed by atoms with Gasteiger partial charge >= 0.3 is 0 Å². The van der Waals surface area contributed by atoms with E-state index in [2.05, 4.69) is 19.2 Å². The highest BCUT2D eigenvalue weighted by Crippen LogP contribution is 2.46. The fourth-order valence-corrected chi connectivity index (χ4v) is 5.15. The number of amides is 1. The molecule has 1 aromatic rings. The van der Waals surface area contributed by atoms with Gasteiger partial charge in [-0.1, -0.05) is 37.6 Å². The van der Waals surface area contributed by atoms with Crippen LogP contribution in [0.1, 0.15) is 32.8 Å². The maximum atomic E-state index is 12.4. The first-order valence-electron chi connectivity index (χ1n) is 9.90. The molecule has 1 amide bonds. The van der Waals surface area contributed by atoms with Crippen LogP contribution in [0.5, 0.6) is 0 Å². The van der Waals surface area contributed by atoms with E-state index >= 15 is 0 Å². The molecule has 2 aliphatic rings. The summed E-state index contributed by atoms with van der Waals surface area (Å²) in [4.78, 5) is 19.0. The Hall–Kier alpha value is -2.16. The van der Waals surface area contributed by atoms with Gasteiger partial charge in [0.15, 0.2) is 0 Å². The number of aliphatic imine (C=N–C) groups is 1. The van der Waals surface area contributed by atoms with Crippen molar-refractivity contribution >= 4 is 46.7 Å². The third-order valence-electron chi connectivity index (χ3n) is 5.29. The molecule has 7 nitrogen and oxygen atoms in total. The second-order valence-corrected chi connectivity index (χ2v) is 9.28. The fraction of sp³-hybridized carbons (Fsp3) is 0.429. The van der Waals surface area contributed by atoms with Crippen LogP contribution in [0, 0.1) is 16.7 Å². The molecule has 160 valence electrons. The number of carbonyl (C=O) groups is 1. The van der Waals surface area contributed by atoms with Crippen molar-refractivity contribution in [2.75, 3.05) is 13.1 Å². The number of halogens is 1. The fourth-order valence-electron chi connectivity index (χ4n) is 3.58. The van der Waals surface area contributed by atoms with Crippen LogP contribution in [0.2, 0.25) is 5.02 Å². The summed E-state index contributed by atoms with van der Waals surface area (Å²) in [5.41, 5.74) is 8.14. The molecule has 0 aromatic heterocycles. The van der Waals surface area contributed by atoms with Gasteiger partial charge in [-0.15, -0.1) is 11.8 Å². The van der Waals surface area contributed by atoms with E-state index in [1.165, 1.54) is 0 Å². The molecule has 0 spiro atoms. The number of nitrogens with one attached hydrogen (secondary N) is 3. The molecule has 5 N–H and O–H groups in total. The van der Waals surface area contributed by atoms with Crippen LogP contribution in [0.4, 0.5) is 0 Å². The average molecular weight is 447 g/mol. The summed E-state index contributed by atoms with van der Waals surface area (Å²) in [7, 11) is 0. The molecule has 2 aliphatic heterocycles. The molecule has 0 saturated carbocycles. The molecular weight excluding hydrogens is 420 g/mol. The van der Waals surface area contributed by atoms with Crippen molar-refractivity contribution in [2.45, 2.75) is 38.5 Å². The Bertz CT molecular complexity index is 926. The zero-order valence-electron chi connectivity index (χ0n) is 17.3. The van der Waals surface area contributed by atoms with Gasteiger partial charge < -0.3 is 11.1 Å². The number of allylic oxidation sites excluding steroid dienone is 1. The molecule has 0 saturated heterocycles. The quantitative estimate of drug-likeness (QED) is 0.410. The molecule has 0 aliphatic carbocycles. The predicted molar refractivity (Wildman–Crippen MR) is 125 cm³/mol. The molecular formula is C21H27ClN6OS. The monoisotopic (exact) mass is 446 g/mol. The minimum atomic E-state index is -0.706. The van der Waals surface area contributed by atoms with Gasteiger partial charge in [-0.2, -0.15) is 0 Å². The Balaban J connectivity index is 2.13. The number of nitrogens with two attached hydrogens (primary N) is 1. The Labute approximate surface area is 186 Å². The van der Waals surface area contributed by atoms with Crippen LogP contribution in [0.25, 0.3) is 0 Å². The summed E-state index contributed by atoms with van der Waals surface area (Å²) in [5.74, 6) is 0.337. The minimum Gasteiger partial charge on any atom is -0.355 e. The molecule has 1 aromatic carbocycles. The first-order valence-corrected chi connectivity index (χ1v) is 11.2. The summed E-state index contributed by atoms with van der Waals surface area (Å²) >= 11 is 7.74. The van der Waals surface area contributed by atoms with Gasteiger partial charge in [-0.3, -0.25) is 25.5 Å². The number of rotatable bonds is 5. The second kappa shape index (κ2) is 9.32. The van der Waals surface area contributed by atoms with E-state index in [-0.39, 0.29) is 35.2 Å². The molecule has 0 fully saturated rings. The summed E-state index contributed by atoms with van der Waals surface area (Å²) < 4.78 is 0. The van der Waals surface area contributed by atoms with Gasteiger partial charge in [-0.25, -0.2) is 0 Å². The highest BCUT2D eigenvalue weighted by atomic mass is 35.5. The molecule has 0 bridgehead atoms. The van der Waals surface area contributed by atoms with Crippen molar-refractivity contribution in [2.24, 2.45) is 16.6 Å². The first kappa shape index (κ1) is 22.5.